The minimum absolute atomic E-state index is 0.348. The largest absolute Gasteiger partial charge is 0.387 e. The number of nitrogens with zero attached hydrogens (tertiary/aromatic N) is 1. The first-order valence-corrected chi connectivity index (χ1v) is 8.16. The number of hydrogen-bond donors (Lipinski definition) is 1. The summed E-state index contributed by atoms with van der Waals surface area (Å²) in [5, 5.41) is 10.5. The molecule has 2 nitrogen and oxygen atoms in total. The highest BCUT2D eigenvalue weighted by molar-refractivity contribution is 5.27. The van der Waals surface area contributed by atoms with Gasteiger partial charge in [-0.15, -0.1) is 0 Å². The van der Waals surface area contributed by atoms with E-state index >= 15 is 0 Å². The number of hydrogen-bond acceptors (Lipinski definition) is 2. The highest BCUT2D eigenvalue weighted by atomic mass is 16.3. The van der Waals surface area contributed by atoms with Crippen LogP contribution in [0.25, 0.3) is 0 Å². The van der Waals surface area contributed by atoms with Crippen LogP contribution in [0.3, 0.4) is 0 Å². The van der Waals surface area contributed by atoms with E-state index in [1.165, 1.54) is 37.7 Å². The molecule has 0 bridgehead atoms. The molecular weight excluding hydrogens is 246 g/mol. The molecule has 112 valence electrons. The third kappa shape index (κ3) is 4.32. The Morgan fingerprint density at radius 1 is 1.25 bits per heavy atom. The van der Waals surface area contributed by atoms with Crippen molar-refractivity contribution in [1.82, 2.24) is 4.90 Å². The molecule has 0 saturated carbocycles. The highest BCUT2D eigenvalue weighted by Gasteiger charge is 2.19. The summed E-state index contributed by atoms with van der Waals surface area (Å²) < 4.78 is 0. The fourth-order valence-corrected chi connectivity index (χ4v) is 3.41. The summed E-state index contributed by atoms with van der Waals surface area (Å²) in [7, 11) is 0. The lowest BCUT2D eigenvalue weighted by Gasteiger charge is -2.24. The van der Waals surface area contributed by atoms with Gasteiger partial charge in [0.25, 0.3) is 0 Å². The highest BCUT2D eigenvalue weighted by Crippen LogP contribution is 2.24. The molecule has 20 heavy (non-hydrogen) atoms. The van der Waals surface area contributed by atoms with Gasteiger partial charge in [-0.1, -0.05) is 44.0 Å². The molecule has 1 fully saturated rings. The van der Waals surface area contributed by atoms with Crippen LogP contribution in [0.5, 0.6) is 0 Å². The molecule has 2 rings (SSSR count). The lowest BCUT2D eigenvalue weighted by atomic mass is 9.96. The Morgan fingerprint density at radius 3 is 2.80 bits per heavy atom. The fourth-order valence-electron chi connectivity index (χ4n) is 3.41. The minimum Gasteiger partial charge on any atom is -0.387 e. The molecule has 1 aliphatic heterocycles. The van der Waals surface area contributed by atoms with Crippen LogP contribution in [0.2, 0.25) is 0 Å². The molecule has 1 aliphatic rings. The van der Waals surface area contributed by atoms with E-state index in [9.17, 15) is 5.11 Å². The predicted molar refractivity (Wildman–Crippen MR) is 84.8 cm³/mol. The quantitative estimate of drug-likeness (QED) is 0.880. The molecule has 1 heterocycles. The van der Waals surface area contributed by atoms with E-state index in [1.54, 1.807) is 0 Å². The van der Waals surface area contributed by atoms with E-state index in [4.69, 9.17) is 0 Å². The van der Waals surface area contributed by atoms with Crippen LogP contribution in [0.15, 0.2) is 24.3 Å². The van der Waals surface area contributed by atoms with Crippen molar-refractivity contribution in [2.24, 2.45) is 5.92 Å². The van der Waals surface area contributed by atoms with Crippen LogP contribution in [-0.2, 0) is 0 Å². The molecule has 2 heteroatoms. The lowest BCUT2D eigenvalue weighted by molar-refractivity contribution is 0.114. The zero-order chi connectivity index (χ0) is 14.4. The van der Waals surface area contributed by atoms with Gasteiger partial charge in [0.15, 0.2) is 0 Å². The Kier molecular flexibility index (Phi) is 6.06. The van der Waals surface area contributed by atoms with Crippen molar-refractivity contribution < 1.29 is 5.11 Å². The number of β-amino-alcohol motifs (C(OH)–C–C–N with tert-alkyl or cyclic N) is 1. The van der Waals surface area contributed by atoms with Gasteiger partial charge in [0.1, 0.15) is 0 Å². The molecule has 1 N–H and O–H groups in total. The molecule has 0 spiro atoms. The Balaban J connectivity index is 1.88. The maximum atomic E-state index is 10.5. The van der Waals surface area contributed by atoms with Crippen LogP contribution >= 0.6 is 0 Å². The van der Waals surface area contributed by atoms with E-state index in [-0.39, 0.29) is 6.10 Å². The number of aryl methyl sites for hydroxylation is 1. The summed E-state index contributed by atoms with van der Waals surface area (Å²) in [4.78, 5) is 2.45. The summed E-state index contributed by atoms with van der Waals surface area (Å²) >= 11 is 0. The molecular formula is C18H29NO. The normalized spacial score (nSPS) is 22.4. The van der Waals surface area contributed by atoms with Gasteiger partial charge in [0.2, 0.25) is 0 Å². The molecule has 0 aromatic heterocycles. The van der Waals surface area contributed by atoms with Crippen molar-refractivity contribution in [3.63, 3.8) is 0 Å². The van der Waals surface area contributed by atoms with Gasteiger partial charge in [0, 0.05) is 6.54 Å². The second-order valence-corrected chi connectivity index (χ2v) is 6.26. The van der Waals surface area contributed by atoms with Crippen LogP contribution in [-0.4, -0.2) is 29.6 Å². The summed E-state index contributed by atoms with van der Waals surface area (Å²) in [6, 6.07) is 8.19. The van der Waals surface area contributed by atoms with Crippen LogP contribution in [0.4, 0.5) is 0 Å². The second kappa shape index (κ2) is 7.80. The van der Waals surface area contributed by atoms with Gasteiger partial charge in [-0.3, -0.25) is 0 Å². The molecule has 1 aromatic rings. The number of rotatable bonds is 5. The third-order valence-electron chi connectivity index (χ3n) is 4.62. The van der Waals surface area contributed by atoms with E-state index in [0.29, 0.717) is 0 Å². The molecule has 2 unspecified atom stereocenters. The van der Waals surface area contributed by atoms with Gasteiger partial charge >= 0.3 is 0 Å². The summed E-state index contributed by atoms with van der Waals surface area (Å²) in [6.45, 7) is 7.43. The van der Waals surface area contributed by atoms with E-state index in [2.05, 4.69) is 30.9 Å². The minimum atomic E-state index is -0.348. The Morgan fingerprint density at radius 2 is 2.05 bits per heavy atom. The van der Waals surface area contributed by atoms with Crippen molar-refractivity contribution in [3.8, 4) is 0 Å². The smallest absolute Gasteiger partial charge is 0.0919 e. The molecule has 0 amide bonds. The Bertz CT molecular complexity index is 404. The molecule has 0 radical (unpaired) electrons. The summed E-state index contributed by atoms with van der Waals surface area (Å²) in [6.07, 6.45) is 6.27. The first-order chi connectivity index (χ1) is 9.70. The van der Waals surface area contributed by atoms with Crippen LogP contribution in [0.1, 0.15) is 56.3 Å². The third-order valence-corrected chi connectivity index (χ3v) is 4.62. The average Bonchev–Trinajstić information content (AvgIpc) is 2.65. The Hall–Kier alpha value is -0.860. The zero-order valence-corrected chi connectivity index (χ0v) is 13.0. The van der Waals surface area contributed by atoms with E-state index in [1.807, 2.05) is 12.1 Å². The lowest BCUT2D eigenvalue weighted by Crippen LogP contribution is -2.30. The molecule has 1 aromatic carbocycles. The number of aliphatic hydroxyl groups is 1. The summed E-state index contributed by atoms with van der Waals surface area (Å²) in [5.41, 5.74) is 2.28. The topological polar surface area (TPSA) is 23.5 Å². The van der Waals surface area contributed by atoms with Crippen LogP contribution in [0, 0.1) is 12.8 Å². The van der Waals surface area contributed by atoms with E-state index in [0.717, 1.165) is 31.1 Å². The standard InChI is InChI=1S/C18H29NO/c1-3-7-16-9-6-12-19(13-11-16)14-18(20)17-10-5-4-8-15(17)2/h4-5,8,10,16,18,20H,3,6-7,9,11-14H2,1-2H3. The van der Waals surface area contributed by atoms with E-state index < -0.39 is 0 Å². The Labute approximate surface area is 123 Å². The molecule has 2 atom stereocenters. The van der Waals surface area contributed by atoms with Crippen molar-refractivity contribution in [1.29, 1.82) is 0 Å². The first-order valence-electron chi connectivity index (χ1n) is 8.16. The second-order valence-electron chi connectivity index (χ2n) is 6.26. The van der Waals surface area contributed by atoms with Crippen molar-refractivity contribution >= 4 is 0 Å². The van der Waals surface area contributed by atoms with Gasteiger partial charge in [-0.25, -0.2) is 0 Å². The predicted octanol–water partition coefficient (Wildman–Crippen LogP) is 3.93. The maximum absolute atomic E-state index is 10.5. The number of benzene rings is 1. The monoisotopic (exact) mass is 275 g/mol. The van der Waals surface area contributed by atoms with Gasteiger partial charge < -0.3 is 10.0 Å². The fraction of sp³-hybridized carbons (Fsp3) is 0.667. The average molecular weight is 275 g/mol. The van der Waals surface area contributed by atoms with Crippen molar-refractivity contribution in [2.75, 3.05) is 19.6 Å². The van der Waals surface area contributed by atoms with Crippen molar-refractivity contribution in [2.45, 2.75) is 52.1 Å². The van der Waals surface area contributed by atoms with Gasteiger partial charge in [-0.2, -0.15) is 0 Å². The number of aliphatic hydroxyl groups excluding tert-OH is 1. The molecule has 0 aliphatic carbocycles. The zero-order valence-electron chi connectivity index (χ0n) is 13.0. The maximum Gasteiger partial charge on any atom is 0.0919 e. The number of likely N-dealkylation sites (tertiary alicyclic amines) is 1. The van der Waals surface area contributed by atoms with Crippen molar-refractivity contribution in [3.05, 3.63) is 35.4 Å². The van der Waals surface area contributed by atoms with Crippen LogP contribution < -0.4 is 0 Å². The van der Waals surface area contributed by atoms with Gasteiger partial charge in [-0.05, 0) is 56.3 Å². The molecule has 1 saturated heterocycles. The summed E-state index contributed by atoms with van der Waals surface area (Å²) in [5.74, 6) is 0.903. The SMILES string of the molecule is CCCC1CCCN(CC(O)c2ccccc2C)CC1. The first kappa shape index (κ1) is 15.5. The van der Waals surface area contributed by atoms with Gasteiger partial charge in [0.05, 0.1) is 6.10 Å².